The third-order valence-corrected chi connectivity index (χ3v) is 7.44. The minimum atomic E-state index is -3.96. The fourth-order valence-corrected chi connectivity index (χ4v) is 5.31. The molecule has 0 radical (unpaired) electrons. The highest BCUT2D eigenvalue weighted by Crippen LogP contribution is 2.26. The molecule has 1 aliphatic heterocycles. The number of rotatable bonds is 9. The molecule has 9 heteroatoms. The predicted molar refractivity (Wildman–Crippen MR) is 130 cm³/mol. The molecule has 2 amide bonds. The summed E-state index contributed by atoms with van der Waals surface area (Å²) in [6, 6.07) is 20.6. The number of nitrogens with zero attached hydrogens (tertiary/aromatic N) is 2. The lowest BCUT2D eigenvalue weighted by Crippen LogP contribution is -2.33. The Kier molecular flexibility index (Phi) is 6.97. The SMILES string of the molecule is CCCCN(c1ccccc1)S(=O)(=O)c1cccc(C(=O)OCN2C(=O)c3ccccc3C2=O)c1. The summed E-state index contributed by atoms with van der Waals surface area (Å²) in [5.41, 5.74) is 1.01. The number of hydrogen-bond donors (Lipinski definition) is 0. The standard InChI is InChI=1S/C26H24N2O6S/c1-2-3-16-28(20-11-5-4-6-12-20)35(32,33)21-13-9-10-19(17-21)26(31)34-18-27-24(29)22-14-7-8-15-23(22)25(27)30/h4-15,17H,2-3,16,18H2,1H3. The van der Waals surface area contributed by atoms with Gasteiger partial charge in [0, 0.05) is 6.54 Å². The Morgan fingerprint density at radius 1 is 0.886 bits per heavy atom. The van der Waals surface area contributed by atoms with Gasteiger partial charge in [0.1, 0.15) is 0 Å². The zero-order chi connectivity index (χ0) is 25.0. The first-order valence-corrected chi connectivity index (χ1v) is 12.6. The summed E-state index contributed by atoms with van der Waals surface area (Å²) < 4.78 is 33.5. The molecule has 0 saturated carbocycles. The molecular weight excluding hydrogens is 468 g/mol. The number of carbonyl (C=O) groups is 3. The van der Waals surface area contributed by atoms with Crippen molar-refractivity contribution in [2.24, 2.45) is 0 Å². The molecule has 3 aromatic carbocycles. The van der Waals surface area contributed by atoms with Crippen molar-refractivity contribution < 1.29 is 27.5 Å². The van der Waals surface area contributed by atoms with Gasteiger partial charge in [0.15, 0.2) is 6.73 Å². The molecule has 1 aliphatic rings. The second-order valence-electron chi connectivity index (χ2n) is 7.94. The molecule has 0 atom stereocenters. The van der Waals surface area contributed by atoms with Gasteiger partial charge in [0.05, 0.1) is 27.3 Å². The number of amides is 2. The van der Waals surface area contributed by atoms with Gasteiger partial charge in [-0.15, -0.1) is 0 Å². The first-order valence-electron chi connectivity index (χ1n) is 11.1. The summed E-state index contributed by atoms with van der Waals surface area (Å²) >= 11 is 0. The van der Waals surface area contributed by atoms with Crippen molar-refractivity contribution in [3.8, 4) is 0 Å². The average molecular weight is 493 g/mol. The zero-order valence-electron chi connectivity index (χ0n) is 19.1. The first kappa shape index (κ1) is 24.2. The summed E-state index contributed by atoms with van der Waals surface area (Å²) in [5.74, 6) is -1.95. The first-order chi connectivity index (χ1) is 16.8. The van der Waals surface area contributed by atoms with Crippen LogP contribution in [0.4, 0.5) is 5.69 Å². The van der Waals surface area contributed by atoms with Crippen molar-refractivity contribution in [1.82, 2.24) is 4.90 Å². The molecular formula is C26H24N2O6S. The van der Waals surface area contributed by atoms with Crippen molar-refractivity contribution in [1.29, 1.82) is 0 Å². The second-order valence-corrected chi connectivity index (χ2v) is 9.80. The van der Waals surface area contributed by atoms with Crippen LogP contribution in [0.25, 0.3) is 0 Å². The van der Waals surface area contributed by atoms with Crippen LogP contribution in [0.15, 0.2) is 83.8 Å². The summed E-state index contributed by atoms with van der Waals surface area (Å²) in [6.45, 7) is 1.69. The smallest absolute Gasteiger partial charge is 0.339 e. The third-order valence-electron chi connectivity index (χ3n) is 5.62. The Hall–Kier alpha value is -3.98. The van der Waals surface area contributed by atoms with Gasteiger partial charge in [-0.2, -0.15) is 0 Å². The molecule has 180 valence electrons. The molecule has 0 aliphatic carbocycles. The third kappa shape index (κ3) is 4.81. The predicted octanol–water partition coefficient (Wildman–Crippen LogP) is 4.09. The summed E-state index contributed by atoms with van der Waals surface area (Å²) in [7, 11) is -3.96. The quantitative estimate of drug-likeness (QED) is 0.329. The van der Waals surface area contributed by atoms with E-state index in [0.717, 1.165) is 11.3 Å². The maximum atomic E-state index is 13.5. The highest BCUT2D eigenvalue weighted by Gasteiger charge is 2.36. The Morgan fingerprint density at radius 2 is 1.51 bits per heavy atom. The fraction of sp³-hybridized carbons (Fsp3) is 0.192. The van der Waals surface area contributed by atoms with E-state index in [1.165, 1.54) is 40.7 Å². The molecule has 4 rings (SSSR count). The number of fused-ring (bicyclic) bond motifs is 1. The summed E-state index contributed by atoms with van der Waals surface area (Å²) in [6.07, 6.45) is 1.47. The number of hydrogen-bond acceptors (Lipinski definition) is 6. The van der Waals surface area contributed by atoms with Crippen LogP contribution in [0, 0.1) is 0 Å². The molecule has 0 N–H and O–H groups in total. The van der Waals surface area contributed by atoms with Crippen molar-refractivity contribution >= 4 is 33.5 Å². The maximum absolute atomic E-state index is 13.5. The van der Waals surface area contributed by atoms with Crippen LogP contribution in [0.3, 0.4) is 0 Å². The fourth-order valence-electron chi connectivity index (χ4n) is 3.76. The average Bonchev–Trinajstić information content (AvgIpc) is 3.13. The Morgan fingerprint density at radius 3 is 2.14 bits per heavy atom. The number of anilines is 1. The van der Waals surface area contributed by atoms with Crippen LogP contribution in [-0.2, 0) is 14.8 Å². The number of unbranched alkanes of at least 4 members (excludes halogenated alkanes) is 1. The molecule has 0 fully saturated rings. The molecule has 0 bridgehead atoms. The van der Waals surface area contributed by atoms with Gasteiger partial charge in [0.25, 0.3) is 21.8 Å². The number of esters is 1. The molecule has 35 heavy (non-hydrogen) atoms. The molecule has 3 aromatic rings. The number of ether oxygens (including phenoxy) is 1. The van der Waals surface area contributed by atoms with Crippen LogP contribution in [-0.4, -0.2) is 44.4 Å². The second kappa shape index (κ2) is 10.1. The molecule has 0 aromatic heterocycles. The minimum Gasteiger partial charge on any atom is -0.440 e. The van der Waals surface area contributed by atoms with E-state index in [1.54, 1.807) is 42.5 Å². The van der Waals surface area contributed by atoms with E-state index in [1.807, 2.05) is 6.92 Å². The lowest BCUT2D eigenvalue weighted by molar-refractivity contribution is 0.0228. The van der Waals surface area contributed by atoms with Crippen LogP contribution in [0.2, 0.25) is 0 Å². The Balaban J connectivity index is 1.53. The van der Waals surface area contributed by atoms with Crippen molar-refractivity contribution in [2.45, 2.75) is 24.7 Å². The Bertz CT molecular complexity index is 1340. The van der Waals surface area contributed by atoms with Crippen LogP contribution >= 0.6 is 0 Å². The lowest BCUT2D eigenvalue weighted by Gasteiger charge is -2.24. The van der Waals surface area contributed by atoms with Gasteiger partial charge < -0.3 is 4.74 Å². The molecule has 0 saturated heterocycles. The zero-order valence-corrected chi connectivity index (χ0v) is 19.9. The minimum absolute atomic E-state index is 0.00816. The number of imide groups is 1. The number of para-hydroxylation sites is 1. The van der Waals surface area contributed by atoms with Crippen LogP contribution < -0.4 is 4.31 Å². The van der Waals surface area contributed by atoms with E-state index in [2.05, 4.69) is 0 Å². The van der Waals surface area contributed by atoms with Gasteiger partial charge in [-0.1, -0.05) is 49.7 Å². The number of benzene rings is 3. The lowest BCUT2D eigenvalue weighted by atomic mass is 10.1. The monoisotopic (exact) mass is 492 g/mol. The van der Waals surface area contributed by atoms with E-state index >= 15 is 0 Å². The van der Waals surface area contributed by atoms with E-state index in [9.17, 15) is 22.8 Å². The molecule has 0 spiro atoms. The number of carbonyl (C=O) groups excluding carboxylic acids is 3. The van der Waals surface area contributed by atoms with Gasteiger partial charge in [-0.3, -0.25) is 13.9 Å². The van der Waals surface area contributed by atoms with Gasteiger partial charge >= 0.3 is 5.97 Å². The Labute approximate surface area is 203 Å². The molecule has 8 nitrogen and oxygen atoms in total. The van der Waals surface area contributed by atoms with Crippen molar-refractivity contribution in [3.05, 3.63) is 95.6 Å². The van der Waals surface area contributed by atoms with E-state index in [-0.39, 0.29) is 28.1 Å². The van der Waals surface area contributed by atoms with E-state index in [0.29, 0.717) is 12.1 Å². The normalized spacial score (nSPS) is 13.0. The molecule has 1 heterocycles. The maximum Gasteiger partial charge on any atom is 0.339 e. The van der Waals surface area contributed by atoms with Gasteiger partial charge in [0.2, 0.25) is 0 Å². The van der Waals surface area contributed by atoms with E-state index in [4.69, 9.17) is 4.74 Å². The highest BCUT2D eigenvalue weighted by molar-refractivity contribution is 7.92. The summed E-state index contributed by atoms with van der Waals surface area (Å²) in [4.78, 5) is 38.4. The van der Waals surface area contributed by atoms with Crippen LogP contribution in [0.1, 0.15) is 50.8 Å². The summed E-state index contributed by atoms with van der Waals surface area (Å²) in [5, 5.41) is 0. The highest BCUT2D eigenvalue weighted by atomic mass is 32.2. The largest absolute Gasteiger partial charge is 0.440 e. The van der Waals surface area contributed by atoms with Crippen molar-refractivity contribution in [3.63, 3.8) is 0 Å². The van der Waals surface area contributed by atoms with Crippen molar-refractivity contribution in [2.75, 3.05) is 17.6 Å². The molecule has 0 unspecified atom stereocenters. The number of sulfonamides is 1. The topological polar surface area (TPSA) is 101 Å². The van der Waals surface area contributed by atoms with Gasteiger partial charge in [-0.05, 0) is 48.9 Å². The van der Waals surface area contributed by atoms with Crippen LogP contribution in [0.5, 0.6) is 0 Å². The van der Waals surface area contributed by atoms with E-state index < -0.39 is 34.5 Å². The van der Waals surface area contributed by atoms with Gasteiger partial charge in [-0.25, -0.2) is 18.1 Å².